The fraction of sp³-hybridized carbons (Fsp3) is 0.312. The van der Waals surface area contributed by atoms with Crippen LogP contribution in [0.1, 0.15) is 26.0 Å². The molecule has 0 bridgehead atoms. The number of carbonyl (C=O) groups is 2. The molecule has 0 saturated carbocycles. The number of nitrogens with zero attached hydrogens (tertiary/aromatic N) is 1. The van der Waals surface area contributed by atoms with Crippen LogP contribution in [0.5, 0.6) is 5.75 Å². The monoisotopic (exact) mass is 317 g/mol. The normalized spacial score (nSPS) is 11.6. The van der Waals surface area contributed by atoms with Crippen molar-refractivity contribution in [3.63, 3.8) is 0 Å². The van der Waals surface area contributed by atoms with E-state index in [0.29, 0.717) is 29.4 Å². The fourth-order valence-corrected chi connectivity index (χ4v) is 1.94. The van der Waals surface area contributed by atoms with Gasteiger partial charge in [-0.05, 0) is 37.6 Å². The molecule has 1 aromatic heterocycles. The van der Waals surface area contributed by atoms with Gasteiger partial charge < -0.3 is 19.9 Å². The van der Waals surface area contributed by atoms with Crippen LogP contribution in [0.2, 0.25) is 0 Å². The van der Waals surface area contributed by atoms with Crippen molar-refractivity contribution in [2.45, 2.75) is 33.3 Å². The van der Waals surface area contributed by atoms with Gasteiger partial charge in [0.1, 0.15) is 11.5 Å². The average molecular weight is 317 g/mol. The second-order valence-electron chi connectivity index (χ2n) is 5.03. The number of nitrogens with one attached hydrogen (secondary N) is 2. The van der Waals surface area contributed by atoms with Crippen LogP contribution < -0.4 is 15.4 Å². The topological polar surface area (TPSA) is 93.5 Å². The highest BCUT2D eigenvalue weighted by Crippen LogP contribution is 2.18. The molecule has 0 aliphatic heterocycles. The highest BCUT2D eigenvalue weighted by molar-refractivity contribution is 5.93. The summed E-state index contributed by atoms with van der Waals surface area (Å²) in [5.74, 6) is 1.06. The van der Waals surface area contributed by atoms with Crippen LogP contribution in [-0.4, -0.2) is 23.1 Å². The van der Waals surface area contributed by atoms with Gasteiger partial charge in [-0.25, -0.2) is 0 Å². The minimum absolute atomic E-state index is 0.146. The summed E-state index contributed by atoms with van der Waals surface area (Å²) < 4.78 is 10.6. The van der Waals surface area contributed by atoms with Crippen molar-refractivity contribution < 1.29 is 18.8 Å². The van der Waals surface area contributed by atoms with Crippen LogP contribution in [0, 0.1) is 6.92 Å². The summed E-state index contributed by atoms with van der Waals surface area (Å²) in [5, 5.41) is 9.03. The zero-order valence-corrected chi connectivity index (χ0v) is 13.3. The maximum atomic E-state index is 12.2. The van der Waals surface area contributed by atoms with Crippen molar-refractivity contribution in [2.75, 3.05) is 10.6 Å². The van der Waals surface area contributed by atoms with Crippen molar-refractivity contribution in [2.24, 2.45) is 0 Å². The van der Waals surface area contributed by atoms with Crippen LogP contribution in [0.4, 0.5) is 11.5 Å². The van der Waals surface area contributed by atoms with E-state index in [0.717, 1.165) is 0 Å². The molecule has 1 atom stereocenters. The van der Waals surface area contributed by atoms with Crippen molar-refractivity contribution in [1.82, 2.24) is 5.16 Å². The highest BCUT2D eigenvalue weighted by Gasteiger charge is 2.19. The van der Waals surface area contributed by atoms with Crippen molar-refractivity contribution in [1.29, 1.82) is 0 Å². The van der Waals surface area contributed by atoms with Gasteiger partial charge in [0.25, 0.3) is 5.91 Å². The Kier molecular flexibility index (Phi) is 5.35. The number of anilines is 2. The highest BCUT2D eigenvalue weighted by atomic mass is 16.5. The molecule has 122 valence electrons. The summed E-state index contributed by atoms with van der Waals surface area (Å²) in [7, 11) is 0. The number of aryl methyl sites for hydroxylation is 1. The Labute approximate surface area is 134 Å². The van der Waals surface area contributed by atoms with E-state index in [2.05, 4.69) is 15.8 Å². The molecule has 0 unspecified atom stereocenters. The Bertz CT molecular complexity index is 679. The van der Waals surface area contributed by atoms with Crippen LogP contribution in [0.3, 0.4) is 0 Å². The second kappa shape index (κ2) is 7.44. The molecular weight excluding hydrogens is 298 g/mol. The Morgan fingerprint density at radius 1 is 1.26 bits per heavy atom. The van der Waals surface area contributed by atoms with E-state index in [1.165, 1.54) is 6.92 Å². The molecule has 0 aliphatic carbocycles. The van der Waals surface area contributed by atoms with Gasteiger partial charge in [-0.2, -0.15) is 0 Å². The third kappa shape index (κ3) is 4.84. The van der Waals surface area contributed by atoms with Gasteiger partial charge in [-0.15, -0.1) is 0 Å². The first-order valence-corrected chi connectivity index (χ1v) is 7.26. The maximum Gasteiger partial charge on any atom is 0.266 e. The van der Waals surface area contributed by atoms with Gasteiger partial charge in [0.2, 0.25) is 5.91 Å². The molecule has 7 heteroatoms. The summed E-state index contributed by atoms with van der Waals surface area (Å²) in [6, 6.07) is 8.44. The number of hydrogen-bond donors (Lipinski definition) is 2. The fourth-order valence-electron chi connectivity index (χ4n) is 1.94. The smallest absolute Gasteiger partial charge is 0.266 e. The lowest BCUT2D eigenvalue weighted by atomic mass is 10.2. The standard InChI is InChI=1S/C16H19N3O4/c1-4-14(16(21)18-15-9-10(2)23-19-15)22-13-7-5-12(6-8-13)17-11(3)20/h5-9,14H,4H2,1-3H3,(H,17,20)(H,18,19,21)/t14-/m0/s1. The largest absolute Gasteiger partial charge is 0.481 e. The van der Waals surface area contributed by atoms with Gasteiger partial charge in [0, 0.05) is 18.7 Å². The molecule has 7 nitrogen and oxygen atoms in total. The Hall–Kier alpha value is -2.83. The molecule has 0 spiro atoms. The van der Waals surface area contributed by atoms with E-state index in [9.17, 15) is 9.59 Å². The maximum absolute atomic E-state index is 12.2. The molecule has 1 aromatic carbocycles. The predicted octanol–water partition coefficient (Wildman–Crippen LogP) is 2.74. The van der Waals surface area contributed by atoms with E-state index in [4.69, 9.17) is 9.26 Å². The van der Waals surface area contributed by atoms with Gasteiger partial charge in [-0.3, -0.25) is 9.59 Å². The molecule has 2 N–H and O–H groups in total. The summed E-state index contributed by atoms with van der Waals surface area (Å²) in [6.07, 6.45) is -0.158. The molecule has 1 heterocycles. The van der Waals surface area contributed by atoms with Crippen molar-refractivity contribution in [3.05, 3.63) is 36.1 Å². The van der Waals surface area contributed by atoms with Crippen molar-refractivity contribution in [3.8, 4) is 5.75 Å². The summed E-state index contributed by atoms with van der Waals surface area (Å²) in [4.78, 5) is 23.2. The van der Waals surface area contributed by atoms with Gasteiger partial charge in [0.05, 0.1) is 0 Å². The first-order valence-electron chi connectivity index (χ1n) is 7.26. The number of rotatable bonds is 6. The molecule has 2 rings (SSSR count). The number of amides is 2. The summed E-state index contributed by atoms with van der Waals surface area (Å²) in [6.45, 7) is 5.03. The number of ether oxygens (including phenoxy) is 1. The zero-order chi connectivity index (χ0) is 16.8. The molecule has 2 amide bonds. The molecule has 0 saturated heterocycles. The van der Waals surface area contributed by atoms with Crippen LogP contribution in [-0.2, 0) is 9.59 Å². The Morgan fingerprint density at radius 2 is 1.96 bits per heavy atom. The predicted molar refractivity (Wildman–Crippen MR) is 85.3 cm³/mol. The van der Waals surface area contributed by atoms with E-state index < -0.39 is 6.10 Å². The zero-order valence-electron chi connectivity index (χ0n) is 13.3. The molecule has 0 fully saturated rings. The molecule has 2 aromatic rings. The third-order valence-electron chi connectivity index (χ3n) is 3.00. The third-order valence-corrected chi connectivity index (χ3v) is 3.00. The molecular formula is C16H19N3O4. The number of carbonyl (C=O) groups excluding carboxylic acids is 2. The summed E-state index contributed by atoms with van der Waals surface area (Å²) in [5.41, 5.74) is 0.667. The lowest BCUT2D eigenvalue weighted by Gasteiger charge is -2.16. The average Bonchev–Trinajstić information content (AvgIpc) is 2.91. The van der Waals surface area contributed by atoms with E-state index >= 15 is 0 Å². The number of aromatic nitrogens is 1. The minimum Gasteiger partial charge on any atom is -0.481 e. The molecule has 0 radical (unpaired) electrons. The molecule has 23 heavy (non-hydrogen) atoms. The lowest BCUT2D eigenvalue weighted by Crippen LogP contribution is -2.32. The van der Waals surface area contributed by atoms with Crippen molar-refractivity contribution >= 4 is 23.3 Å². The van der Waals surface area contributed by atoms with E-state index in [1.54, 1.807) is 37.3 Å². The summed E-state index contributed by atoms with van der Waals surface area (Å²) >= 11 is 0. The second-order valence-corrected chi connectivity index (χ2v) is 5.03. The quantitative estimate of drug-likeness (QED) is 0.854. The van der Waals surface area contributed by atoms with Crippen LogP contribution in [0.25, 0.3) is 0 Å². The van der Waals surface area contributed by atoms with E-state index in [1.807, 2.05) is 6.92 Å². The van der Waals surface area contributed by atoms with E-state index in [-0.39, 0.29) is 11.8 Å². The number of benzene rings is 1. The van der Waals surface area contributed by atoms with Crippen LogP contribution >= 0.6 is 0 Å². The Balaban J connectivity index is 1.98. The Morgan fingerprint density at radius 3 is 2.48 bits per heavy atom. The van der Waals surface area contributed by atoms with Gasteiger partial charge in [-0.1, -0.05) is 12.1 Å². The molecule has 0 aliphatic rings. The van der Waals surface area contributed by atoms with Crippen LogP contribution in [0.15, 0.2) is 34.9 Å². The SMILES string of the molecule is CC[C@H](Oc1ccc(NC(C)=O)cc1)C(=O)Nc1cc(C)on1. The lowest BCUT2D eigenvalue weighted by molar-refractivity contribution is -0.122. The number of hydrogen-bond acceptors (Lipinski definition) is 5. The van der Waals surface area contributed by atoms with Gasteiger partial charge in [0.15, 0.2) is 11.9 Å². The minimum atomic E-state index is -0.654. The van der Waals surface area contributed by atoms with Gasteiger partial charge >= 0.3 is 0 Å². The first kappa shape index (κ1) is 16.5. The first-order chi connectivity index (χ1) is 11.0.